The third-order valence-corrected chi connectivity index (χ3v) is 10.1. The van der Waals surface area contributed by atoms with E-state index in [0.29, 0.717) is 17.0 Å². The Morgan fingerprint density at radius 3 is 1.94 bits per heavy atom. The normalized spacial score (nSPS) is 18.0. The van der Waals surface area contributed by atoms with E-state index in [1.807, 2.05) is 42.5 Å². The van der Waals surface area contributed by atoms with Crippen molar-refractivity contribution in [2.24, 2.45) is 5.10 Å². The summed E-state index contributed by atoms with van der Waals surface area (Å²) in [5, 5.41) is 4.64. The highest BCUT2D eigenvalue weighted by Gasteiger charge is 2.43. The van der Waals surface area contributed by atoms with Crippen LogP contribution in [-0.4, -0.2) is 16.1 Å². The summed E-state index contributed by atoms with van der Waals surface area (Å²) in [6, 6.07) is 24.5. The topological polar surface area (TPSA) is 15.4 Å². The van der Waals surface area contributed by atoms with Gasteiger partial charge in [-0.15, -0.1) is 0 Å². The van der Waals surface area contributed by atoms with E-state index >= 15 is 8.78 Å². The molecular formula is C42H32F5N2S+. The molecule has 7 rings (SSSR count). The molecule has 4 aromatic carbocycles. The lowest BCUT2D eigenvalue weighted by molar-refractivity contribution is -0.566. The first kappa shape index (κ1) is 33.4. The summed E-state index contributed by atoms with van der Waals surface area (Å²) in [6.45, 7) is 6.57. The number of benzene rings is 4. The van der Waals surface area contributed by atoms with Crippen molar-refractivity contribution in [2.45, 2.75) is 43.5 Å². The first-order chi connectivity index (χ1) is 24.0. The maximum Gasteiger partial charge on any atom is 0.232 e. The molecule has 0 N–H and O–H groups in total. The van der Waals surface area contributed by atoms with Gasteiger partial charge in [0.25, 0.3) is 0 Å². The van der Waals surface area contributed by atoms with Crippen LogP contribution in [0.2, 0.25) is 0 Å². The van der Waals surface area contributed by atoms with E-state index in [-0.39, 0.29) is 11.8 Å². The van der Waals surface area contributed by atoms with Gasteiger partial charge in [-0.2, -0.15) is 0 Å². The van der Waals surface area contributed by atoms with Gasteiger partial charge >= 0.3 is 0 Å². The lowest BCUT2D eigenvalue weighted by Crippen LogP contribution is -2.21. The number of hydrogen-bond donors (Lipinski definition) is 0. The fourth-order valence-electron chi connectivity index (χ4n) is 6.18. The number of allylic oxidation sites excluding steroid dienone is 9. The Balaban J connectivity index is 1.28. The Bertz CT molecular complexity index is 2190. The molecule has 0 radical (unpaired) electrons. The molecule has 0 bridgehead atoms. The maximum atomic E-state index is 15.1. The minimum Gasteiger partial charge on any atom is -0.203 e. The van der Waals surface area contributed by atoms with E-state index < -0.39 is 40.7 Å². The van der Waals surface area contributed by atoms with Gasteiger partial charge in [0.15, 0.2) is 23.3 Å². The third-order valence-electron chi connectivity index (χ3n) is 8.93. The predicted octanol–water partition coefficient (Wildman–Crippen LogP) is 11.3. The van der Waals surface area contributed by atoms with Crippen LogP contribution in [0.5, 0.6) is 0 Å². The molecule has 250 valence electrons. The van der Waals surface area contributed by atoms with Crippen molar-refractivity contribution in [3.8, 4) is 0 Å². The fraction of sp³-hybridized carbons (Fsp3) is 0.143. The summed E-state index contributed by atoms with van der Waals surface area (Å²) in [4.78, 5) is 2.30. The average molecular weight is 692 g/mol. The van der Waals surface area contributed by atoms with Crippen LogP contribution in [0, 0.1) is 29.1 Å². The van der Waals surface area contributed by atoms with E-state index in [1.54, 1.807) is 48.2 Å². The van der Waals surface area contributed by atoms with E-state index in [0.717, 1.165) is 32.1 Å². The minimum atomic E-state index is -2.19. The number of thioether (sulfide) groups is 1. The van der Waals surface area contributed by atoms with Gasteiger partial charge in [0.05, 0.1) is 6.42 Å². The molecule has 2 heterocycles. The summed E-state index contributed by atoms with van der Waals surface area (Å²) >= 11 is 1.74. The Kier molecular flexibility index (Phi) is 8.91. The van der Waals surface area contributed by atoms with E-state index in [4.69, 9.17) is 0 Å². The van der Waals surface area contributed by atoms with Gasteiger partial charge in [-0.3, -0.25) is 0 Å². The lowest BCUT2D eigenvalue weighted by atomic mass is 9.85. The van der Waals surface area contributed by atoms with Crippen molar-refractivity contribution >= 4 is 33.7 Å². The zero-order valence-electron chi connectivity index (χ0n) is 27.5. The zero-order chi connectivity index (χ0) is 35.2. The molecule has 1 atom stereocenters. The molecule has 2 nitrogen and oxygen atoms in total. The minimum absolute atomic E-state index is 0.0264. The standard InChI is InChI=1S/C42H32F5N2S/c1-42(2,3)29-18-21-34-31(23-29)28(22-35(50-34)27-12-8-5-9-13-27)17-14-25-15-19-30(20-16-25)49-33(24-32(48-49)26-10-6-4-7-11-26)36-37(43)39(45)41(47)40(46)38(36)44/h4-23,33H,24H2,1-3H3/q+1/b25-14?,28-17+,49-30?. The molecule has 0 aromatic heterocycles. The second-order valence-corrected chi connectivity index (χ2v) is 14.4. The van der Waals surface area contributed by atoms with Crippen molar-refractivity contribution in [2.75, 3.05) is 0 Å². The lowest BCUT2D eigenvalue weighted by Gasteiger charge is -2.24. The molecule has 2 aliphatic heterocycles. The van der Waals surface area contributed by atoms with Crippen LogP contribution in [0.1, 0.15) is 61.1 Å². The smallest absolute Gasteiger partial charge is 0.203 e. The first-order valence-electron chi connectivity index (χ1n) is 16.2. The maximum absolute atomic E-state index is 15.1. The van der Waals surface area contributed by atoms with Crippen LogP contribution >= 0.6 is 11.8 Å². The van der Waals surface area contributed by atoms with Crippen molar-refractivity contribution in [1.29, 1.82) is 0 Å². The van der Waals surface area contributed by atoms with Gasteiger partial charge in [0.1, 0.15) is 11.3 Å². The van der Waals surface area contributed by atoms with Gasteiger partial charge in [-0.1, -0.05) is 116 Å². The largest absolute Gasteiger partial charge is 0.232 e. The second kappa shape index (κ2) is 13.3. The molecule has 0 saturated heterocycles. The van der Waals surface area contributed by atoms with Crippen molar-refractivity contribution in [3.05, 3.63) is 184 Å². The average Bonchev–Trinajstić information content (AvgIpc) is 3.57. The van der Waals surface area contributed by atoms with Gasteiger partial charge in [0.2, 0.25) is 17.6 Å². The molecule has 0 spiro atoms. The molecule has 0 saturated carbocycles. The predicted molar refractivity (Wildman–Crippen MR) is 192 cm³/mol. The number of hydrogen-bond acceptors (Lipinski definition) is 2. The summed E-state index contributed by atoms with van der Waals surface area (Å²) in [5.74, 6) is -9.87. The fourth-order valence-corrected chi connectivity index (χ4v) is 7.28. The number of halogens is 5. The van der Waals surface area contributed by atoms with Gasteiger partial charge in [0, 0.05) is 27.5 Å². The molecule has 8 heteroatoms. The molecule has 3 aliphatic rings. The van der Waals surface area contributed by atoms with E-state index in [2.05, 4.69) is 68.4 Å². The zero-order valence-corrected chi connectivity index (χ0v) is 28.3. The summed E-state index contributed by atoms with van der Waals surface area (Å²) in [6.07, 6.45) is 13.3. The Hall–Kier alpha value is -5.08. The summed E-state index contributed by atoms with van der Waals surface area (Å²) in [5.41, 5.74) is 6.04. The van der Waals surface area contributed by atoms with E-state index in [9.17, 15) is 13.2 Å². The molecule has 0 amide bonds. The van der Waals surface area contributed by atoms with Gasteiger partial charge in [-0.25, -0.2) is 22.0 Å². The second-order valence-electron chi connectivity index (χ2n) is 13.3. The molecule has 0 fully saturated rings. The highest BCUT2D eigenvalue weighted by molar-refractivity contribution is 8.08. The Labute approximate surface area is 292 Å². The van der Waals surface area contributed by atoms with Crippen LogP contribution < -0.4 is 0 Å². The van der Waals surface area contributed by atoms with Crippen molar-refractivity contribution < 1.29 is 26.6 Å². The van der Waals surface area contributed by atoms with E-state index in [1.165, 1.54) is 10.2 Å². The number of fused-ring (bicyclic) bond motifs is 1. The van der Waals surface area contributed by atoms with Crippen LogP contribution in [0.4, 0.5) is 22.0 Å². The summed E-state index contributed by atoms with van der Waals surface area (Å²) in [7, 11) is 0. The van der Waals surface area contributed by atoms with Gasteiger partial charge < -0.3 is 0 Å². The van der Waals surface area contributed by atoms with Crippen LogP contribution in [0.3, 0.4) is 0 Å². The van der Waals surface area contributed by atoms with Crippen LogP contribution in [0.25, 0.3) is 10.5 Å². The molecule has 50 heavy (non-hydrogen) atoms. The number of rotatable bonds is 4. The Morgan fingerprint density at radius 1 is 0.720 bits per heavy atom. The molecular weight excluding hydrogens is 660 g/mol. The van der Waals surface area contributed by atoms with Crippen LogP contribution in [0.15, 0.2) is 137 Å². The first-order valence-corrected chi connectivity index (χ1v) is 17.0. The molecule has 1 unspecified atom stereocenters. The number of hydrazone groups is 1. The quantitative estimate of drug-likeness (QED) is 0.0900. The number of nitrogens with zero attached hydrogens (tertiary/aromatic N) is 2. The highest BCUT2D eigenvalue weighted by atomic mass is 32.2. The summed E-state index contributed by atoms with van der Waals surface area (Å²) < 4.78 is 74.3. The highest BCUT2D eigenvalue weighted by Crippen LogP contribution is 2.46. The Morgan fingerprint density at radius 2 is 1.32 bits per heavy atom. The SMILES string of the molecule is CC(C)(C)c1ccc2c(c1)/C(=C/C=C1C=CC(=[N+]3N=C(c4ccccc4)CC3c3c(F)c(F)c(F)c(F)c3F)C=C1)C=C(c1ccccc1)S2. The third kappa shape index (κ3) is 6.36. The molecule has 1 aliphatic carbocycles. The van der Waals surface area contributed by atoms with Crippen LogP contribution in [-0.2, 0) is 5.41 Å². The monoisotopic (exact) mass is 691 g/mol. The molecule has 4 aromatic rings. The van der Waals surface area contributed by atoms with Crippen molar-refractivity contribution in [1.82, 2.24) is 0 Å². The van der Waals surface area contributed by atoms with Crippen molar-refractivity contribution in [3.63, 3.8) is 0 Å². The van der Waals surface area contributed by atoms with Gasteiger partial charge in [-0.05, 0) is 68.7 Å².